The minimum atomic E-state index is 0.482. The van der Waals surface area contributed by atoms with E-state index < -0.39 is 0 Å². The third-order valence-corrected chi connectivity index (χ3v) is 3.40. The Labute approximate surface area is 103 Å². The summed E-state index contributed by atoms with van der Waals surface area (Å²) >= 11 is 0. The molecule has 0 saturated heterocycles. The highest BCUT2D eigenvalue weighted by atomic mass is 15.0. The summed E-state index contributed by atoms with van der Waals surface area (Å²) < 4.78 is 0. The number of rotatable bonds is 2. The molecule has 2 heteroatoms. The molecule has 0 radical (unpaired) electrons. The predicted molar refractivity (Wildman–Crippen MR) is 74.9 cm³/mol. The van der Waals surface area contributed by atoms with Crippen molar-refractivity contribution in [2.45, 2.75) is 33.6 Å². The number of pyridine rings is 1. The second kappa shape index (κ2) is 4.36. The number of nitrogens with one attached hydrogen (secondary N) is 1. The topological polar surface area (TPSA) is 24.9 Å². The Bertz CT molecular complexity index is 556. The van der Waals surface area contributed by atoms with E-state index in [2.05, 4.69) is 51.2 Å². The van der Waals surface area contributed by atoms with Crippen LogP contribution in [0.15, 0.2) is 18.2 Å². The lowest BCUT2D eigenvalue weighted by molar-refractivity contribution is 0.864. The zero-order valence-corrected chi connectivity index (χ0v) is 11.3. The molecule has 0 fully saturated rings. The van der Waals surface area contributed by atoms with E-state index >= 15 is 0 Å². The van der Waals surface area contributed by atoms with Crippen molar-refractivity contribution < 1.29 is 0 Å². The average molecular weight is 228 g/mol. The quantitative estimate of drug-likeness (QED) is 0.839. The third-order valence-electron chi connectivity index (χ3n) is 3.40. The van der Waals surface area contributed by atoms with Gasteiger partial charge in [0.15, 0.2) is 0 Å². The van der Waals surface area contributed by atoms with Crippen LogP contribution < -0.4 is 5.32 Å². The van der Waals surface area contributed by atoms with Gasteiger partial charge < -0.3 is 5.32 Å². The van der Waals surface area contributed by atoms with Crippen LogP contribution in [0.2, 0.25) is 0 Å². The van der Waals surface area contributed by atoms with Gasteiger partial charge in [0.05, 0.1) is 5.52 Å². The SMILES string of the molecule is CNc1nc2c(C)c(C)ccc2cc1C(C)C. The summed E-state index contributed by atoms with van der Waals surface area (Å²) in [6.45, 7) is 8.67. The number of hydrogen-bond acceptors (Lipinski definition) is 2. The van der Waals surface area contributed by atoms with Crippen molar-refractivity contribution in [1.29, 1.82) is 0 Å². The zero-order chi connectivity index (χ0) is 12.6. The number of nitrogens with zero attached hydrogens (tertiary/aromatic N) is 1. The molecule has 0 aliphatic heterocycles. The summed E-state index contributed by atoms with van der Waals surface area (Å²) in [4.78, 5) is 4.76. The van der Waals surface area contributed by atoms with E-state index in [-0.39, 0.29) is 0 Å². The number of aromatic nitrogens is 1. The monoisotopic (exact) mass is 228 g/mol. The van der Waals surface area contributed by atoms with Gasteiger partial charge in [-0.2, -0.15) is 0 Å². The van der Waals surface area contributed by atoms with Crippen molar-refractivity contribution in [3.63, 3.8) is 0 Å². The molecule has 0 aliphatic carbocycles. The first-order chi connectivity index (χ1) is 8.04. The Morgan fingerprint density at radius 3 is 2.47 bits per heavy atom. The van der Waals surface area contributed by atoms with Gasteiger partial charge in [0.1, 0.15) is 5.82 Å². The van der Waals surface area contributed by atoms with Crippen LogP contribution in [-0.2, 0) is 0 Å². The van der Waals surface area contributed by atoms with Crippen LogP contribution in [0.3, 0.4) is 0 Å². The van der Waals surface area contributed by atoms with Gasteiger partial charge in [-0.05, 0) is 42.5 Å². The fraction of sp³-hybridized carbons (Fsp3) is 0.400. The molecule has 2 aromatic rings. The largest absolute Gasteiger partial charge is 0.373 e. The van der Waals surface area contributed by atoms with Gasteiger partial charge in [0, 0.05) is 12.4 Å². The number of benzene rings is 1. The van der Waals surface area contributed by atoms with E-state index in [1.807, 2.05) is 7.05 Å². The first-order valence-corrected chi connectivity index (χ1v) is 6.13. The summed E-state index contributed by atoms with van der Waals surface area (Å²) in [7, 11) is 1.94. The molecule has 0 spiro atoms. The van der Waals surface area contributed by atoms with Crippen LogP contribution in [0, 0.1) is 13.8 Å². The molecule has 2 nitrogen and oxygen atoms in total. The second-order valence-electron chi connectivity index (χ2n) is 4.91. The summed E-state index contributed by atoms with van der Waals surface area (Å²) in [6.07, 6.45) is 0. The van der Waals surface area contributed by atoms with E-state index in [1.54, 1.807) is 0 Å². The Kier molecular flexibility index (Phi) is 3.05. The summed E-state index contributed by atoms with van der Waals surface area (Å²) in [5.41, 5.74) is 4.96. The Hall–Kier alpha value is -1.57. The molecular formula is C15H20N2. The van der Waals surface area contributed by atoms with Crippen LogP contribution in [0.1, 0.15) is 36.5 Å². The highest BCUT2D eigenvalue weighted by Gasteiger charge is 2.10. The first-order valence-electron chi connectivity index (χ1n) is 6.13. The molecular weight excluding hydrogens is 208 g/mol. The highest BCUT2D eigenvalue weighted by Crippen LogP contribution is 2.28. The van der Waals surface area contributed by atoms with Crippen LogP contribution in [0.25, 0.3) is 10.9 Å². The normalized spacial score (nSPS) is 11.2. The molecule has 0 bridgehead atoms. The minimum Gasteiger partial charge on any atom is -0.373 e. The molecule has 1 heterocycles. The lowest BCUT2D eigenvalue weighted by Gasteiger charge is -2.14. The molecule has 1 aromatic heterocycles. The smallest absolute Gasteiger partial charge is 0.129 e. The van der Waals surface area contributed by atoms with Crippen molar-refractivity contribution >= 4 is 16.7 Å². The molecule has 0 aliphatic rings. The van der Waals surface area contributed by atoms with Gasteiger partial charge in [-0.15, -0.1) is 0 Å². The van der Waals surface area contributed by atoms with Crippen molar-refractivity contribution in [3.8, 4) is 0 Å². The van der Waals surface area contributed by atoms with Crippen molar-refractivity contribution in [3.05, 3.63) is 34.9 Å². The Balaban J connectivity index is 2.78. The lowest BCUT2D eigenvalue weighted by Crippen LogP contribution is -2.02. The number of fused-ring (bicyclic) bond motifs is 1. The molecule has 2 rings (SSSR count). The Morgan fingerprint density at radius 1 is 1.18 bits per heavy atom. The van der Waals surface area contributed by atoms with Gasteiger partial charge in [0.2, 0.25) is 0 Å². The van der Waals surface area contributed by atoms with E-state index in [9.17, 15) is 0 Å². The molecule has 0 amide bonds. The van der Waals surface area contributed by atoms with Crippen LogP contribution in [0.4, 0.5) is 5.82 Å². The number of aryl methyl sites for hydroxylation is 2. The third kappa shape index (κ3) is 1.99. The van der Waals surface area contributed by atoms with E-state index in [0.717, 1.165) is 11.3 Å². The molecule has 0 atom stereocenters. The van der Waals surface area contributed by atoms with Gasteiger partial charge >= 0.3 is 0 Å². The maximum Gasteiger partial charge on any atom is 0.129 e. The number of anilines is 1. The molecule has 0 saturated carbocycles. The van der Waals surface area contributed by atoms with Crippen molar-refractivity contribution in [2.75, 3.05) is 12.4 Å². The van der Waals surface area contributed by atoms with E-state index in [1.165, 1.54) is 22.1 Å². The summed E-state index contributed by atoms with van der Waals surface area (Å²) in [5, 5.41) is 4.44. The van der Waals surface area contributed by atoms with Crippen LogP contribution >= 0.6 is 0 Å². The fourth-order valence-electron chi connectivity index (χ4n) is 2.14. The second-order valence-corrected chi connectivity index (χ2v) is 4.91. The van der Waals surface area contributed by atoms with Gasteiger partial charge in [-0.25, -0.2) is 4.98 Å². The van der Waals surface area contributed by atoms with E-state index in [4.69, 9.17) is 4.98 Å². The predicted octanol–water partition coefficient (Wildman–Crippen LogP) is 4.02. The fourth-order valence-corrected chi connectivity index (χ4v) is 2.14. The van der Waals surface area contributed by atoms with Crippen molar-refractivity contribution in [1.82, 2.24) is 4.98 Å². The summed E-state index contributed by atoms with van der Waals surface area (Å²) in [5.74, 6) is 1.48. The van der Waals surface area contributed by atoms with Gasteiger partial charge in [-0.3, -0.25) is 0 Å². The molecule has 0 unspecified atom stereocenters. The van der Waals surface area contributed by atoms with Gasteiger partial charge in [-0.1, -0.05) is 26.0 Å². The van der Waals surface area contributed by atoms with Crippen LogP contribution in [0.5, 0.6) is 0 Å². The first kappa shape index (κ1) is 11.9. The van der Waals surface area contributed by atoms with Crippen LogP contribution in [-0.4, -0.2) is 12.0 Å². The Morgan fingerprint density at radius 2 is 1.88 bits per heavy atom. The minimum absolute atomic E-state index is 0.482. The zero-order valence-electron chi connectivity index (χ0n) is 11.3. The number of hydrogen-bond donors (Lipinski definition) is 1. The molecule has 17 heavy (non-hydrogen) atoms. The van der Waals surface area contributed by atoms with E-state index in [0.29, 0.717) is 5.92 Å². The van der Waals surface area contributed by atoms with Gasteiger partial charge in [0.25, 0.3) is 0 Å². The lowest BCUT2D eigenvalue weighted by atomic mass is 9.99. The summed E-state index contributed by atoms with van der Waals surface area (Å²) in [6, 6.07) is 6.59. The van der Waals surface area contributed by atoms with Crippen molar-refractivity contribution in [2.24, 2.45) is 0 Å². The standard InChI is InChI=1S/C15H20N2/c1-9(2)13-8-12-7-6-10(3)11(4)14(12)17-15(13)16-5/h6-9H,1-5H3,(H,16,17). The average Bonchev–Trinajstić information content (AvgIpc) is 2.32. The molecule has 1 N–H and O–H groups in total. The highest BCUT2D eigenvalue weighted by molar-refractivity contribution is 5.85. The maximum atomic E-state index is 4.76. The molecule has 90 valence electrons. The maximum absolute atomic E-state index is 4.76. The molecule has 1 aromatic carbocycles.